The van der Waals surface area contributed by atoms with Crippen molar-refractivity contribution in [2.45, 2.75) is 26.2 Å². The number of carbonyl (C=O) groups is 1. The lowest BCUT2D eigenvalue weighted by atomic mass is 10.1. The fourth-order valence-corrected chi connectivity index (χ4v) is 4.46. The van der Waals surface area contributed by atoms with E-state index in [1.807, 2.05) is 65.6 Å². The van der Waals surface area contributed by atoms with Crippen LogP contribution in [0, 0.1) is 10.1 Å². The molecule has 35 heavy (non-hydrogen) atoms. The normalized spacial score (nSPS) is 13.5. The summed E-state index contributed by atoms with van der Waals surface area (Å²) < 4.78 is 0. The summed E-state index contributed by atoms with van der Waals surface area (Å²) in [6, 6.07) is 23.2. The molecule has 1 aliphatic rings. The van der Waals surface area contributed by atoms with Crippen LogP contribution in [-0.2, 0) is 12.8 Å². The summed E-state index contributed by atoms with van der Waals surface area (Å²) in [4.78, 5) is 28.2. The van der Waals surface area contributed by atoms with Gasteiger partial charge in [0.05, 0.1) is 4.92 Å². The quantitative estimate of drug-likeness (QED) is 0.344. The molecule has 3 aromatic carbocycles. The molecule has 7 nitrogen and oxygen atoms in total. The Hall–Kier alpha value is -3.87. The maximum Gasteiger partial charge on any atom is 0.292 e. The van der Waals surface area contributed by atoms with Gasteiger partial charge in [0.15, 0.2) is 0 Å². The summed E-state index contributed by atoms with van der Waals surface area (Å²) >= 11 is 0. The number of nitro benzene ring substituents is 1. The summed E-state index contributed by atoms with van der Waals surface area (Å²) in [5, 5.41) is 14.8. The summed E-state index contributed by atoms with van der Waals surface area (Å²) in [5.74, 6) is 0.0552. The Morgan fingerprint density at radius 3 is 2.26 bits per heavy atom. The number of nitrogens with one attached hydrogen (secondary N) is 1. The highest BCUT2D eigenvalue weighted by atomic mass is 16.6. The number of amides is 1. The number of aryl methyl sites for hydroxylation is 1. The van der Waals surface area contributed by atoms with Gasteiger partial charge in [0.25, 0.3) is 11.6 Å². The molecule has 0 bridgehead atoms. The maximum absolute atomic E-state index is 12.9. The average molecular weight is 473 g/mol. The molecular weight excluding hydrogens is 440 g/mol. The highest BCUT2D eigenvalue weighted by Gasteiger charge is 2.24. The minimum absolute atomic E-state index is 0.0552. The van der Waals surface area contributed by atoms with Crippen LogP contribution < -0.4 is 10.2 Å². The number of hydrogen-bond donors (Lipinski definition) is 1. The monoisotopic (exact) mass is 472 g/mol. The third-order valence-electron chi connectivity index (χ3n) is 6.42. The molecule has 0 saturated carbocycles. The Labute approximate surface area is 206 Å². The van der Waals surface area contributed by atoms with Crippen molar-refractivity contribution < 1.29 is 9.72 Å². The Balaban J connectivity index is 1.38. The smallest absolute Gasteiger partial charge is 0.292 e. The van der Waals surface area contributed by atoms with Crippen molar-refractivity contribution in [1.82, 2.24) is 4.90 Å². The SMILES string of the molecule is CCCc1ccc(C(=O)N2CCN(c3ccc([N+](=O)[O-])c(NCCc4ccccc4)c3)CC2)cc1. The molecule has 0 aliphatic carbocycles. The van der Waals surface area contributed by atoms with Gasteiger partial charge in [-0.05, 0) is 48.2 Å². The standard InChI is InChI=1S/C28H32N4O3/c1-2-6-22-9-11-24(12-10-22)28(33)31-19-17-30(18-20-31)25-13-14-27(32(34)35)26(21-25)29-16-15-23-7-4-3-5-8-23/h3-5,7-14,21,29H,2,6,15-20H2,1H3. The second kappa shape index (κ2) is 11.5. The molecule has 1 saturated heterocycles. The van der Waals surface area contributed by atoms with E-state index in [2.05, 4.69) is 17.1 Å². The first-order chi connectivity index (χ1) is 17.0. The van der Waals surface area contributed by atoms with E-state index in [1.165, 1.54) is 11.1 Å². The molecule has 0 spiro atoms. The molecule has 1 aliphatic heterocycles. The number of rotatable bonds is 9. The van der Waals surface area contributed by atoms with E-state index in [-0.39, 0.29) is 16.5 Å². The maximum atomic E-state index is 12.9. The average Bonchev–Trinajstić information content (AvgIpc) is 2.89. The minimum Gasteiger partial charge on any atom is -0.379 e. The van der Waals surface area contributed by atoms with E-state index in [1.54, 1.807) is 12.1 Å². The van der Waals surface area contributed by atoms with Gasteiger partial charge in [-0.25, -0.2) is 0 Å². The van der Waals surface area contributed by atoms with Crippen LogP contribution in [0.3, 0.4) is 0 Å². The zero-order valence-corrected chi connectivity index (χ0v) is 20.2. The molecule has 0 unspecified atom stereocenters. The van der Waals surface area contributed by atoms with Crippen LogP contribution in [0.25, 0.3) is 0 Å². The van der Waals surface area contributed by atoms with Gasteiger partial charge >= 0.3 is 0 Å². The van der Waals surface area contributed by atoms with Crippen LogP contribution in [-0.4, -0.2) is 48.5 Å². The third-order valence-corrected chi connectivity index (χ3v) is 6.42. The Kier molecular flexibility index (Phi) is 7.98. The second-order valence-corrected chi connectivity index (χ2v) is 8.85. The zero-order valence-electron chi connectivity index (χ0n) is 20.2. The summed E-state index contributed by atoms with van der Waals surface area (Å²) in [6.07, 6.45) is 2.88. The van der Waals surface area contributed by atoms with E-state index >= 15 is 0 Å². The van der Waals surface area contributed by atoms with Crippen LogP contribution in [0.5, 0.6) is 0 Å². The predicted molar refractivity (Wildman–Crippen MR) is 140 cm³/mol. The molecule has 1 heterocycles. The van der Waals surface area contributed by atoms with Crippen molar-refractivity contribution in [1.29, 1.82) is 0 Å². The van der Waals surface area contributed by atoms with E-state index in [9.17, 15) is 14.9 Å². The van der Waals surface area contributed by atoms with E-state index in [0.29, 0.717) is 38.4 Å². The fourth-order valence-electron chi connectivity index (χ4n) is 4.46. The molecule has 3 aromatic rings. The van der Waals surface area contributed by atoms with Gasteiger partial charge in [0, 0.05) is 50.0 Å². The largest absolute Gasteiger partial charge is 0.379 e. The van der Waals surface area contributed by atoms with Gasteiger partial charge in [0.1, 0.15) is 5.69 Å². The number of hydrogen-bond acceptors (Lipinski definition) is 5. The lowest BCUT2D eigenvalue weighted by Crippen LogP contribution is -2.48. The van der Waals surface area contributed by atoms with Crippen LogP contribution in [0.1, 0.15) is 34.8 Å². The van der Waals surface area contributed by atoms with E-state index < -0.39 is 0 Å². The highest BCUT2D eigenvalue weighted by molar-refractivity contribution is 5.94. The molecule has 1 fully saturated rings. The van der Waals surface area contributed by atoms with Crippen molar-refractivity contribution in [2.24, 2.45) is 0 Å². The molecule has 4 rings (SSSR count). The summed E-state index contributed by atoms with van der Waals surface area (Å²) in [6.45, 7) is 5.34. The van der Waals surface area contributed by atoms with Crippen LogP contribution in [0.15, 0.2) is 72.8 Å². The van der Waals surface area contributed by atoms with Gasteiger partial charge in [-0.1, -0.05) is 55.8 Å². The molecular formula is C28H32N4O3. The van der Waals surface area contributed by atoms with Gasteiger partial charge in [-0.15, -0.1) is 0 Å². The van der Waals surface area contributed by atoms with Gasteiger partial charge in [-0.2, -0.15) is 0 Å². The summed E-state index contributed by atoms with van der Waals surface area (Å²) in [5.41, 5.74) is 4.67. The van der Waals surface area contributed by atoms with E-state index in [0.717, 1.165) is 30.5 Å². The molecule has 1 N–H and O–H groups in total. The van der Waals surface area contributed by atoms with Gasteiger partial charge in [-0.3, -0.25) is 14.9 Å². The van der Waals surface area contributed by atoms with Crippen molar-refractivity contribution >= 4 is 23.0 Å². The number of nitrogens with zero attached hydrogens (tertiary/aromatic N) is 3. The Morgan fingerprint density at radius 2 is 1.60 bits per heavy atom. The molecule has 182 valence electrons. The van der Waals surface area contributed by atoms with Crippen LogP contribution in [0.4, 0.5) is 17.1 Å². The van der Waals surface area contributed by atoms with Gasteiger partial charge < -0.3 is 15.1 Å². The predicted octanol–water partition coefficient (Wildman–Crippen LogP) is 5.16. The first-order valence-corrected chi connectivity index (χ1v) is 12.2. The number of nitro groups is 1. The topological polar surface area (TPSA) is 78.7 Å². The van der Waals surface area contributed by atoms with Crippen molar-refractivity contribution in [3.05, 3.63) is 99.6 Å². The number of piperazine rings is 1. The van der Waals surface area contributed by atoms with Gasteiger partial charge in [0.2, 0.25) is 0 Å². The first kappa shape index (κ1) is 24.3. The van der Waals surface area contributed by atoms with Crippen molar-refractivity contribution in [2.75, 3.05) is 42.9 Å². The number of benzene rings is 3. The highest BCUT2D eigenvalue weighted by Crippen LogP contribution is 2.30. The van der Waals surface area contributed by atoms with Crippen molar-refractivity contribution in [3.8, 4) is 0 Å². The first-order valence-electron chi connectivity index (χ1n) is 12.2. The molecule has 0 radical (unpaired) electrons. The second-order valence-electron chi connectivity index (χ2n) is 8.85. The fraction of sp³-hybridized carbons (Fsp3) is 0.321. The Morgan fingerprint density at radius 1 is 0.914 bits per heavy atom. The molecule has 0 aromatic heterocycles. The lowest BCUT2D eigenvalue weighted by molar-refractivity contribution is -0.383. The molecule has 1 amide bonds. The van der Waals surface area contributed by atoms with Crippen LogP contribution >= 0.6 is 0 Å². The van der Waals surface area contributed by atoms with Crippen LogP contribution in [0.2, 0.25) is 0 Å². The lowest BCUT2D eigenvalue weighted by Gasteiger charge is -2.36. The summed E-state index contributed by atoms with van der Waals surface area (Å²) in [7, 11) is 0. The van der Waals surface area contributed by atoms with Crippen molar-refractivity contribution in [3.63, 3.8) is 0 Å². The third kappa shape index (κ3) is 6.18. The number of carbonyl (C=O) groups excluding carboxylic acids is 1. The zero-order chi connectivity index (χ0) is 24.6. The molecule has 7 heteroatoms. The Bertz CT molecular complexity index is 1140. The molecule has 0 atom stereocenters. The number of anilines is 2. The van der Waals surface area contributed by atoms with E-state index in [4.69, 9.17) is 0 Å². The minimum atomic E-state index is -0.350.